The molecule has 0 heterocycles. The Morgan fingerprint density at radius 3 is 2.57 bits per heavy atom. The van der Waals surface area contributed by atoms with Gasteiger partial charge < -0.3 is 9.84 Å². The molecule has 3 heteroatoms. The van der Waals surface area contributed by atoms with Crippen molar-refractivity contribution >= 4 is 5.97 Å². The first-order chi connectivity index (χ1) is 6.63. The molecule has 0 aromatic heterocycles. The number of carbonyl (C=O) groups excluding carboxylic acids is 1. The van der Waals surface area contributed by atoms with Gasteiger partial charge >= 0.3 is 5.97 Å². The minimum Gasteiger partial charge on any atom is -0.462 e. The minimum atomic E-state index is -0.755. The maximum Gasteiger partial charge on any atom is 0.336 e. The van der Waals surface area contributed by atoms with Crippen LogP contribution in [0.2, 0.25) is 0 Å². The molecule has 82 valence electrons. The molecule has 0 bridgehead atoms. The van der Waals surface area contributed by atoms with Crippen molar-refractivity contribution in [1.29, 1.82) is 0 Å². The zero-order valence-corrected chi connectivity index (χ0v) is 9.08. The fourth-order valence-electron chi connectivity index (χ4n) is 0.986. The summed E-state index contributed by atoms with van der Waals surface area (Å²) in [5.41, 5.74) is 0.169. The summed E-state index contributed by atoms with van der Waals surface area (Å²) in [6.07, 6.45) is 2.46. The highest BCUT2D eigenvalue weighted by atomic mass is 16.5. The van der Waals surface area contributed by atoms with Gasteiger partial charge in [0.25, 0.3) is 0 Å². The second-order valence-electron chi connectivity index (χ2n) is 3.32. The van der Waals surface area contributed by atoms with E-state index >= 15 is 0 Å². The summed E-state index contributed by atoms with van der Waals surface area (Å²) in [5.74, 6) is -0.473. The summed E-state index contributed by atoms with van der Waals surface area (Å²) < 4.78 is 4.91. The van der Waals surface area contributed by atoms with Crippen LogP contribution >= 0.6 is 0 Å². The van der Waals surface area contributed by atoms with Gasteiger partial charge in [-0.2, -0.15) is 0 Å². The van der Waals surface area contributed by atoms with Crippen molar-refractivity contribution in [1.82, 2.24) is 0 Å². The van der Waals surface area contributed by atoms with Gasteiger partial charge in [-0.05, 0) is 12.8 Å². The second-order valence-corrected chi connectivity index (χ2v) is 3.32. The van der Waals surface area contributed by atoms with Crippen LogP contribution in [0, 0.1) is 0 Å². The van der Waals surface area contributed by atoms with Crippen LogP contribution in [0.1, 0.15) is 39.5 Å². The average Bonchev–Trinajstić information content (AvgIpc) is 2.17. The van der Waals surface area contributed by atoms with Crippen LogP contribution in [0.15, 0.2) is 12.2 Å². The maximum atomic E-state index is 11.3. The van der Waals surface area contributed by atoms with Crippen LogP contribution in [0.4, 0.5) is 0 Å². The van der Waals surface area contributed by atoms with Gasteiger partial charge in [0, 0.05) is 0 Å². The number of aliphatic hydroxyl groups excluding tert-OH is 1. The highest BCUT2D eigenvalue weighted by molar-refractivity contribution is 5.88. The van der Waals surface area contributed by atoms with E-state index in [2.05, 4.69) is 6.58 Å². The van der Waals surface area contributed by atoms with Gasteiger partial charge in [0.15, 0.2) is 0 Å². The molecule has 0 saturated carbocycles. The van der Waals surface area contributed by atoms with Crippen LogP contribution in [0.5, 0.6) is 0 Å². The lowest BCUT2D eigenvalue weighted by Crippen LogP contribution is -2.19. The van der Waals surface area contributed by atoms with Gasteiger partial charge in [-0.25, -0.2) is 4.79 Å². The topological polar surface area (TPSA) is 46.5 Å². The summed E-state index contributed by atoms with van der Waals surface area (Å²) in [7, 11) is 0. The van der Waals surface area contributed by atoms with Crippen molar-refractivity contribution in [2.45, 2.75) is 45.6 Å². The first-order valence-electron chi connectivity index (χ1n) is 5.17. The van der Waals surface area contributed by atoms with E-state index in [-0.39, 0.29) is 5.57 Å². The van der Waals surface area contributed by atoms with E-state index in [4.69, 9.17) is 4.74 Å². The van der Waals surface area contributed by atoms with E-state index in [1.807, 2.05) is 13.8 Å². The van der Waals surface area contributed by atoms with Crippen molar-refractivity contribution in [3.63, 3.8) is 0 Å². The highest BCUT2D eigenvalue weighted by Crippen LogP contribution is 2.08. The zero-order chi connectivity index (χ0) is 11.0. The molecule has 1 N–H and O–H groups in total. The number of carbonyl (C=O) groups is 1. The Balaban J connectivity index is 3.81. The number of hydrogen-bond donors (Lipinski definition) is 1. The molecule has 1 atom stereocenters. The van der Waals surface area contributed by atoms with Gasteiger partial charge in [-0.3, -0.25) is 0 Å². The fourth-order valence-corrected chi connectivity index (χ4v) is 0.986. The molecule has 0 unspecified atom stereocenters. The van der Waals surface area contributed by atoms with Crippen LogP contribution < -0.4 is 0 Å². The molecule has 14 heavy (non-hydrogen) atoms. The van der Waals surface area contributed by atoms with Gasteiger partial charge in [0.05, 0.1) is 18.3 Å². The molecule has 0 aliphatic heterocycles. The number of hydrogen-bond acceptors (Lipinski definition) is 3. The molecule has 0 amide bonds. The molecule has 0 spiro atoms. The maximum absolute atomic E-state index is 11.3. The van der Waals surface area contributed by atoms with Crippen molar-refractivity contribution in [2.75, 3.05) is 6.61 Å². The molecule has 0 aromatic carbocycles. The SMILES string of the molecule is C=C(C(=O)OCCCC)[C@@H](O)CCC. The van der Waals surface area contributed by atoms with E-state index in [9.17, 15) is 9.90 Å². The molecule has 0 radical (unpaired) electrons. The molecule has 0 aromatic rings. The van der Waals surface area contributed by atoms with Crippen LogP contribution in [-0.4, -0.2) is 23.8 Å². The molecule has 3 nitrogen and oxygen atoms in total. The molecule has 0 saturated heterocycles. The average molecular weight is 200 g/mol. The Hall–Kier alpha value is -0.830. The van der Waals surface area contributed by atoms with E-state index in [1.165, 1.54) is 0 Å². The predicted octanol–water partition coefficient (Wildman–Crippen LogP) is 2.05. The van der Waals surface area contributed by atoms with Crippen molar-refractivity contribution in [3.05, 3.63) is 12.2 Å². The first-order valence-corrected chi connectivity index (χ1v) is 5.17. The summed E-state index contributed by atoms with van der Waals surface area (Å²) in [5, 5.41) is 9.44. The summed E-state index contributed by atoms with van der Waals surface area (Å²) >= 11 is 0. The van der Waals surface area contributed by atoms with Gasteiger partial charge in [0.1, 0.15) is 0 Å². The number of aliphatic hydroxyl groups is 1. The van der Waals surface area contributed by atoms with Crippen LogP contribution in [0.3, 0.4) is 0 Å². The third-order valence-corrected chi connectivity index (χ3v) is 1.96. The molecule has 0 rings (SSSR count). The Labute approximate surface area is 85.8 Å². The predicted molar refractivity (Wildman–Crippen MR) is 55.9 cm³/mol. The summed E-state index contributed by atoms with van der Waals surface area (Å²) in [6.45, 7) is 7.90. The van der Waals surface area contributed by atoms with Crippen LogP contribution in [-0.2, 0) is 9.53 Å². The van der Waals surface area contributed by atoms with E-state index in [1.54, 1.807) is 0 Å². The minimum absolute atomic E-state index is 0.169. The lowest BCUT2D eigenvalue weighted by Gasteiger charge is -2.11. The Kier molecular flexibility index (Phi) is 7.11. The number of esters is 1. The molecular formula is C11H20O3. The zero-order valence-electron chi connectivity index (χ0n) is 9.08. The van der Waals surface area contributed by atoms with Crippen molar-refractivity contribution < 1.29 is 14.6 Å². The summed E-state index contributed by atoms with van der Waals surface area (Å²) in [4.78, 5) is 11.3. The quantitative estimate of drug-likeness (QED) is 0.388. The summed E-state index contributed by atoms with van der Waals surface area (Å²) in [6, 6.07) is 0. The van der Waals surface area contributed by atoms with Crippen molar-refractivity contribution in [2.24, 2.45) is 0 Å². The lowest BCUT2D eigenvalue weighted by atomic mass is 10.1. The molecule has 0 aliphatic rings. The molecular weight excluding hydrogens is 180 g/mol. The second kappa shape index (κ2) is 7.56. The smallest absolute Gasteiger partial charge is 0.336 e. The standard InChI is InChI=1S/C11H20O3/c1-4-6-8-14-11(13)9(3)10(12)7-5-2/h10,12H,3-8H2,1-2H3/t10-/m0/s1. The number of ether oxygens (including phenoxy) is 1. The third kappa shape index (κ3) is 5.02. The van der Waals surface area contributed by atoms with E-state index in [0.29, 0.717) is 13.0 Å². The molecule has 0 aliphatic carbocycles. The highest BCUT2D eigenvalue weighted by Gasteiger charge is 2.16. The monoisotopic (exact) mass is 200 g/mol. The van der Waals surface area contributed by atoms with Crippen LogP contribution in [0.25, 0.3) is 0 Å². The third-order valence-electron chi connectivity index (χ3n) is 1.96. The number of unbranched alkanes of at least 4 members (excludes halogenated alkanes) is 1. The largest absolute Gasteiger partial charge is 0.462 e. The van der Waals surface area contributed by atoms with Gasteiger partial charge in [0.2, 0.25) is 0 Å². The Bertz CT molecular complexity index is 187. The van der Waals surface area contributed by atoms with E-state index in [0.717, 1.165) is 19.3 Å². The lowest BCUT2D eigenvalue weighted by molar-refractivity contribution is -0.140. The fraction of sp³-hybridized carbons (Fsp3) is 0.727. The first kappa shape index (κ1) is 13.2. The Morgan fingerprint density at radius 1 is 1.43 bits per heavy atom. The van der Waals surface area contributed by atoms with Crippen molar-refractivity contribution in [3.8, 4) is 0 Å². The molecule has 0 fully saturated rings. The van der Waals surface area contributed by atoms with Gasteiger partial charge in [-0.15, -0.1) is 0 Å². The Morgan fingerprint density at radius 2 is 2.07 bits per heavy atom. The van der Waals surface area contributed by atoms with E-state index < -0.39 is 12.1 Å². The van der Waals surface area contributed by atoms with Gasteiger partial charge in [-0.1, -0.05) is 33.3 Å². The number of rotatable bonds is 7. The normalized spacial score (nSPS) is 12.2.